The Morgan fingerprint density at radius 3 is 2.74 bits per heavy atom. The van der Waals surface area contributed by atoms with Gasteiger partial charge in [-0.05, 0) is 37.0 Å². The summed E-state index contributed by atoms with van der Waals surface area (Å²) in [5.74, 6) is 0.230. The number of nitrogens with two attached hydrogens (primary N) is 1. The summed E-state index contributed by atoms with van der Waals surface area (Å²) in [6.07, 6.45) is 2.02. The average molecular weight is 265 g/mol. The molecule has 0 radical (unpaired) electrons. The minimum Gasteiger partial charge on any atom is -0.397 e. The van der Waals surface area contributed by atoms with E-state index in [0.717, 1.165) is 38.2 Å². The Kier molecular flexibility index (Phi) is 4.24. The third-order valence-corrected chi connectivity index (χ3v) is 3.58. The molecule has 0 unspecified atom stereocenters. The second-order valence-corrected chi connectivity index (χ2v) is 5.07. The number of nitrogens with one attached hydrogen (secondary N) is 1. The smallest absolute Gasteiger partial charge is 0.216 e. The van der Waals surface area contributed by atoms with Crippen molar-refractivity contribution in [2.24, 2.45) is 5.92 Å². The van der Waals surface area contributed by atoms with Crippen molar-refractivity contribution >= 4 is 17.3 Å². The van der Waals surface area contributed by atoms with Crippen LogP contribution in [-0.2, 0) is 4.79 Å². The van der Waals surface area contributed by atoms with Gasteiger partial charge >= 0.3 is 0 Å². The Labute approximate surface area is 112 Å². The van der Waals surface area contributed by atoms with Gasteiger partial charge in [-0.25, -0.2) is 4.39 Å². The number of nitrogen functional groups attached to an aromatic ring is 1. The fraction of sp³-hybridized carbons (Fsp3) is 0.500. The van der Waals surface area contributed by atoms with E-state index in [1.807, 2.05) is 0 Å². The second kappa shape index (κ2) is 5.91. The van der Waals surface area contributed by atoms with Crippen LogP contribution in [0, 0.1) is 11.7 Å². The predicted octanol–water partition coefficient (Wildman–Crippen LogP) is 1.76. The Hall–Kier alpha value is -1.78. The number of halogens is 1. The number of carbonyl (C=O) groups excluding carboxylic acids is 1. The van der Waals surface area contributed by atoms with Crippen molar-refractivity contribution in [1.29, 1.82) is 0 Å². The first-order valence-electron chi connectivity index (χ1n) is 6.60. The lowest BCUT2D eigenvalue weighted by molar-refractivity contribution is -0.119. The molecule has 0 aliphatic carbocycles. The maximum absolute atomic E-state index is 13.0. The molecular weight excluding hydrogens is 245 g/mol. The Balaban J connectivity index is 1.90. The van der Waals surface area contributed by atoms with E-state index in [4.69, 9.17) is 5.73 Å². The van der Waals surface area contributed by atoms with E-state index in [-0.39, 0.29) is 11.7 Å². The summed E-state index contributed by atoms with van der Waals surface area (Å²) in [6, 6.07) is 4.53. The van der Waals surface area contributed by atoms with Crippen molar-refractivity contribution in [3.8, 4) is 0 Å². The molecule has 1 heterocycles. The van der Waals surface area contributed by atoms with Gasteiger partial charge in [0.2, 0.25) is 5.91 Å². The number of hydrogen-bond donors (Lipinski definition) is 2. The van der Waals surface area contributed by atoms with Gasteiger partial charge in [-0.1, -0.05) is 0 Å². The first-order valence-corrected chi connectivity index (χ1v) is 6.60. The minimum atomic E-state index is -0.304. The zero-order valence-electron chi connectivity index (χ0n) is 11.2. The van der Waals surface area contributed by atoms with Crippen LogP contribution in [-0.4, -0.2) is 25.5 Å². The van der Waals surface area contributed by atoms with Crippen LogP contribution < -0.4 is 16.0 Å². The first kappa shape index (κ1) is 13.6. The van der Waals surface area contributed by atoms with Crippen LogP contribution in [0.1, 0.15) is 19.8 Å². The third kappa shape index (κ3) is 3.59. The number of anilines is 2. The van der Waals surface area contributed by atoms with E-state index >= 15 is 0 Å². The molecule has 1 amide bonds. The number of rotatable bonds is 3. The fourth-order valence-corrected chi connectivity index (χ4v) is 2.48. The van der Waals surface area contributed by atoms with Gasteiger partial charge < -0.3 is 16.0 Å². The topological polar surface area (TPSA) is 58.4 Å². The standard InChI is InChI=1S/C14H20FN3O/c1-10(19)17-9-11-4-6-18(7-5-11)14-3-2-12(15)8-13(14)16/h2-3,8,11H,4-7,9,16H2,1H3,(H,17,19). The molecule has 5 heteroatoms. The highest BCUT2D eigenvalue weighted by molar-refractivity contribution is 5.72. The van der Waals surface area contributed by atoms with Gasteiger partial charge in [-0.15, -0.1) is 0 Å². The number of carbonyl (C=O) groups is 1. The molecule has 0 saturated carbocycles. The zero-order chi connectivity index (χ0) is 13.8. The molecule has 3 N–H and O–H groups in total. The number of benzene rings is 1. The number of piperidine rings is 1. The molecule has 1 aromatic rings. The van der Waals surface area contributed by atoms with Crippen LogP contribution in [0.2, 0.25) is 0 Å². The molecule has 1 aliphatic rings. The van der Waals surface area contributed by atoms with Gasteiger partial charge in [-0.3, -0.25) is 4.79 Å². The minimum absolute atomic E-state index is 0.0187. The van der Waals surface area contributed by atoms with E-state index in [1.54, 1.807) is 6.07 Å². The van der Waals surface area contributed by atoms with Gasteiger partial charge in [0.05, 0.1) is 11.4 Å². The van der Waals surface area contributed by atoms with E-state index in [1.165, 1.54) is 19.1 Å². The average Bonchev–Trinajstić information content (AvgIpc) is 2.37. The molecule has 0 aromatic heterocycles. The lowest BCUT2D eigenvalue weighted by atomic mass is 9.96. The van der Waals surface area contributed by atoms with Crippen molar-refractivity contribution < 1.29 is 9.18 Å². The van der Waals surface area contributed by atoms with E-state index < -0.39 is 0 Å². The maximum Gasteiger partial charge on any atom is 0.216 e. The molecule has 0 bridgehead atoms. The lowest BCUT2D eigenvalue weighted by Crippen LogP contribution is -2.38. The van der Waals surface area contributed by atoms with Gasteiger partial charge in [0, 0.05) is 26.6 Å². The molecule has 0 spiro atoms. The number of amides is 1. The Morgan fingerprint density at radius 1 is 1.47 bits per heavy atom. The highest BCUT2D eigenvalue weighted by atomic mass is 19.1. The molecule has 4 nitrogen and oxygen atoms in total. The van der Waals surface area contributed by atoms with Crippen molar-refractivity contribution in [3.63, 3.8) is 0 Å². The Bertz CT molecular complexity index is 456. The normalized spacial score (nSPS) is 16.4. The zero-order valence-corrected chi connectivity index (χ0v) is 11.2. The predicted molar refractivity (Wildman–Crippen MR) is 74.4 cm³/mol. The van der Waals surface area contributed by atoms with Crippen LogP contribution in [0.4, 0.5) is 15.8 Å². The first-order chi connectivity index (χ1) is 9.06. The van der Waals surface area contributed by atoms with Crippen LogP contribution in [0.5, 0.6) is 0 Å². The largest absolute Gasteiger partial charge is 0.397 e. The van der Waals surface area contributed by atoms with E-state index in [2.05, 4.69) is 10.2 Å². The third-order valence-electron chi connectivity index (χ3n) is 3.58. The molecule has 0 atom stereocenters. The van der Waals surface area contributed by atoms with Crippen LogP contribution in [0.15, 0.2) is 18.2 Å². The highest BCUT2D eigenvalue weighted by Crippen LogP contribution is 2.28. The second-order valence-electron chi connectivity index (χ2n) is 5.07. The van der Waals surface area contributed by atoms with Crippen molar-refractivity contribution in [3.05, 3.63) is 24.0 Å². The van der Waals surface area contributed by atoms with Crippen LogP contribution >= 0.6 is 0 Å². The van der Waals surface area contributed by atoms with Crippen molar-refractivity contribution in [1.82, 2.24) is 5.32 Å². The molecule has 1 saturated heterocycles. The summed E-state index contributed by atoms with van der Waals surface area (Å²) >= 11 is 0. The summed E-state index contributed by atoms with van der Waals surface area (Å²) in [5, 5.41) is 2.86. The maximum atomic E-state index is 13.0. The molecule has 1 aliphatic heterocycles. The molecule has 1 fully saturated rings. The fourth-order valence-electron chi connectivity index (χ4n) is 2.48. The van der Waals surface area contributed by atoms with Crippen molar-refractivity contribution in [2.75, 3.05) is 30.3 Å². The summed E-state index contributed by atoms with van der Waals surface area (Å²) in [6.45, 7) is 4.05. The monoisotopic (exact) mass is 265 g/mol. The van der Waals surface area contributed by atoms with E-state index in [0.29, 0.717) is 11.6 Å². The highest BCUT2D eigenvalue weighted by Gasteiger charge is 2.20. The van der Waals surface area contributed by atoms with Gasteiger partial charge in [-0.2, -0.15) is 0 Å². The summed E-state index contributed by atoms with van der Waals surface area (Å²) in [7, 11) is 0. The SMILES string of the molecule is CC(=O)NCC1CCN(c2ccc(F)cc2N)CC1. The molecule has 2 rings (SSSR count). The molecule has 104 valence electrons. The van der Waals surface area contributed by atoms with Gasteiger partial charge in [0.1, 0.15) is 5.82 Å². The van der Waals surface area contributed by atoms with Crippen LogP contribution in [0.25, 0.3) is 0 Å². The van der Waals surface area contributed by atoms with Crippen molar-refractivity contribution in [2.45, 2.75) is 19.8 Å². The van der Waals surface area contributed by atoms with Gasteiger partial charge in [0.15, 0.2) is 0 Å². The molecule has 1 aromatic carbocycles. The summed E-state index contributed by atoms with van der Waals surface area (Å²) in [5.41, 5.74) is 7.24. The quantitative estimate of drug-likeness (QED) is 0.819. The molecular formula is C14H20FN3O. The molecule has 19 heavy (non-hydrogen) atoms. The summed E-state index contributed by atoms with van der Waals surface area (Å²) < 4.78 is 13.0. The summed E-state index contributed by atoms with van der Waals surface area (Å²) in [4.78, 5) is 13.1. The van der Waals surface area contributed by atoms with Crippen LogP contribution in [0.3, 0.4) is 0 Å². The Morgan fingerprint density at radius 2 is 2.16 bits per heavy atom. The van der Waals surface area contributed by atoms with Gasteiger partial charge in [0.25, 0.3) is 0 Å². The number of hydrogen-bond acceptors (Lipinski definition) is 3. The lowest BCUT2D eigenvalue weighted by Gasteiger charge is -2.34. The van der Waals surface area contributed by atoms with E-state index in [9.17, 15) is 9.18 Å². The number of nitrogens with zero attached hydrogens (tertiary/aromatic N) is 1.